The Labute approximate surface area is 226 Å². The molecule has 2 N–H and O–H groups in total. The molecule has 4 saturated carbocycles. The molecule has 5 heteroatoms. The number of carbonyl (C=O) groups is 1. The van der Waals surface area contributed by atoms with Crippen LogP contribution >= 0.6 is 0 Å². The molecule has 0 bridgehead atoms. The van der Waals surface area contributed by atoms with Crippen LogP contribution in [-0.2, 0) is 9.53 Å². The number of morpholine rings is 1. The summed E-state index contributed by atoms with van der Waals surface area (Å²) in [7, 11) is 0. The first kappa shape index (κ1) is 28.1. The van der Waals surface area contributed by atoms with Crippen LogP contribution in [0.15, 0.2) is 0 Å². The minimum atomic E-state index is -1.39. The van der Waals surface area contributed by atoms with Crippen molar-refractivity contribution < 1.29 is 19.7 Å². The number of carbonyl (C=O) groups excluding carboxylic acids is 1. The molecule has 0 amide bonds. The molecule has 0 aromatic carbocycles. The van der Waals surface area contributed by atoms with E-state index in [0.717, 1.165) is 63.4 Å². The zero-order valence-electron chi connectivity index (χ0n) is 24.4. The molecule has 1 heterocycles. The Morgan fingerprint density at radius 1 is 1.00 bits per heavy atom. The van der Waals surface area contributed by atoms with Crippen molar-refractivity contribution in [2.75, 3.05) is 32.8 Å². The van der Waals surface area contributed by atoms with E-state index in [-0.39, 0.29) is 18.1 Å². The standard InChI is InChI=1S/C32H55NO4/c1-21(2)7-6-8-22(3)25-9-10-26-28-24(20-33-15-17-37-18-16-33)29(35)32(36)19-23(34)11-14-31(32,5)27(28)12-13-30(25,26)4/h21-28,34,36H,6-20H2,1-5H3/t22-,23+,24?,25-,26+,27+,28+,30-,31-,32+/m1/s1. The first-order valence-corrected chi connectivity index (χ1v) is 15.8. The van der Waals surface area contributed by atoms with Crippen LogP contribution in [0.1, 0.15) is 98.8 Å². The van der Waals surface area contributed by atoms with E-state index >= 15 is 0 Å². The van der Waals surface area contributed by atoms with Crippen molar-refractivity contribution >= 4 is 5.78 Å². The SMILES string of the molecule is CC(C)CCC[C@@H](C)[C@H]1CC[C@H]2[C@@H]3C(CN4CCOCC4)C(=O)[C@@]4(O)C[C@@H](O)CC[C@]4(C)[C@H]3CC[C@]12C. The average molecular weight is 518 g/mol. The second-order valence-corrected chi connectivity index (χ2v) is 14.9. The van der Waals surface area contributed by atoms with E-state index in [2.05, 4.69) is 39.5 Å². The molecule has 5 fully saturated rings. The lowest BCUT2D eigenvalue weighted by Crippen LogP contribution is -2.71. The molecule has 1 unspecified atom stereocenters. The number of hydrogen-bond donors (Lipinski definition) is 2. The fraction of sp³-hybridized carbons (Fsp3) is 0.969. The largest absolute Gasteiger partial charge is 0.393 e. The van der Waals surface area contributed by atoms with E-state index in [1.54, 1.807) is 0 Å². The third kappa shape index (κ3) is 4.66. The minimum absolute atomic E-state index is 0.0548. The lowest BCUT2D eigenvalue weighted by Gasteiger charge is -2.65. The quantitative estimate of drug-likeness (QED) is 0.478. The van der Waals surface area contributed by atoms with Gasteiger partial charge in [0, 0.05) is 37.4 Å². The van der Waals surface area contributed by atoms with Crippen LogP contribution in [0.25, 0.3) is 0 Å². The summed E-state index contributed by atoms with van der Waals surface area (Å²) in [6, 6.07) is 0. The number of rotatable bonds is 7. The molecule has 37 heavy (non-hydrogen) atoms. The summed E-state index contributed by atoms with van der Waals surface area (Å²) in [6.45, 7) is 15.9. The van der Waals surface area contributed by atoms with Crippen LogP contribution in [0.2, 0.25) is 0 Å². The molecule has 0 aromatic heterocycles. The molecular weight excluding hydrogens is 462 g/mol. The number of ketones is 1. The van der Waals surface area contributed by atoms with Gasteiger partial charge >= 0.3 is 0 Å². The number of aliphatic hydroxyl groups is 2. The van der Waals surface area contributed by atoms with Gasteiger partial charge in [0.2, 0.25) is 0 Å². The maximum atomic E-state index is 14.5. The van der Waals surface area contributed by atoms with Crippen molar-refractivity contribution in [1.29, 1.82) is 0 Å². The summed E-state index contributed by atoms with van der Waals surface area (Å²) < 4.78 is 5.62. The fourth-order valence-electron chi connectivity index (χ4n) is 10.5. The molecule has 0 aromatic rings. The second-order valence-electron chi connectivity index (χ2n) is 14.9. The van der Waals surface area contributed by atoms with E-state index in [0.29, 0.717) is 29.6 Å². The molecule has 0 radical (unpaired) electrons. The Bertz CT molecular complexity index is 826. The van der Waals surface area contributed by atoms with Gasteiger partial charge in [-0.15, -0.1) is 0 Å². The maximum Gasteiger partial charge on any atom is 0.169 e. The summed E-state index contributed by atoms with van der Waals surface area (Å²) in [5.41, 5.74) is -1.52. The highest BCUT2D eigenvalue weighted by Crippen LogP contribution is 2.69. The highest BCUT2D eigenvalue weighted by Gasteiger charge is 2.70. The van der Waals surface area contributed by atoms with Gasteiger partial charge in [-0.25, -0.2) is 0 Å². The molecule has 5 rings (SSSR count). The Hall–Kier alpha value is -0.490. The maximum absolute atomic E-state index is 14.5. The Morgan fingerprint density at radius 3 is 2.43 bits per heavy atom. The zero-order valence-corrected chi connectivity index (χ0v) is 24.4. The van der Waals surface area contributed by atoms with Crippen molar-refractivity contribution in [3.8, 4) is 0 Å². The van der Waals surface area contributed by atoms with Crippen molar-refractivity contribution in [2.24, 2.45) is 52.3 Å². The fourth-order valence-corrected chi connectivity index (χ4v) is 10.5. The van der Waals surface area contributed by atoms with E-state index in [9.17, 15) is 15.0 Å². The van der Waals surface area contributed by atoms with E-state index < -0.39 is 17.1 Å². The number of hydrogen-bond acceptors (Lipinski definition) is 5. The van der Waals surface area contributed by atoms with Gasteiger partial charge in [0.1, 0.15) is 5.60 Å². The van der Waals surface area contributed by atoms with Gasteiger partial charge in [-0.1, -0.05) is 53.9 Å². The molecule has 10 atom stereocenters. The third-order valence-electron chi connectivity index (χ3n) is 12.6. The molecule has 5 nitrogen and oxygen atoms in total. The van der Waals surface area contributed by atoms with Crippen molar-refractivity contribution in [3.05, 3.63) is 0 Å². The van der Waals surface area contributed by atoms with Crippen LogP contribution < -0.4 is 0 Å². The third-order valence-corrected chi connectivity index (χ3v) is 12.6. The molecule has 1 saturated heterocycles. The lowest BCUT2D eigenvalue weighted by molar-refractivity contribution is -0.226. The van der Waals surface area contributed by atoms with E-state index in [4.69, 9.17) is 4.74 Å². The summed E-state index contributed by atoms with van der Waals surface area (Å²) in [5, 5.41) is 22.8. The van der Waals surface area contributed by atoms with Crippen molar-refractivity contribution in [1.82, 2.24) is 4.90 Å². The van der Waals surface area contributed by atoms with Gasteiger partial charge in [-0.05, 0) is 79.4 Å². The molecule has 212 valence electrons. The number of fused-ring (bicyclic) bond motifs is 5. The molecule has 1 aliphatic heterocycles. The normalized spacial score (nSPS) is 47.4. The number of ether oxygens (including phenoxy) is 1. The average Bonchev–Trinajstić information content (AvgIpc) is 3.21. The van der Waals surface area contributed by atoms with Gasteiger partial charge in [0.05, 0.1) is 19.3 Å². The summed E-state index contributed by atoms with van der Waals surface area (Å²) in [5.74, 6) is 3.45. The Kier molecular flexibility index (Phi) is 7.95. The topological polar surface area (TPSA) is 70.0 Å². The van der Waals surface area contributed by atoms with Crippen LogP contribution in [0.5, 0.6) is 0 Å². The molecule has 4 aliphatic carbocycles. The van der Waals surface area contributed by atoms with Gasteiger partial charge in [-0.2, -0.15) is 0 Å². The predicted molar refractivity (Wildman–Crippen MR) is 147 cm³/mol. The number of aliphatic hydroxyl groups excluding tert-OH is 1. The lowest BCUT2D eigenvalue weighted by atomic mass is 9.40. The zero-order chi connectivity index (χ0) is 26.6. The second kappa shape index (κ2) is 10.5. The van der Waals surface area contributed by atoms with Crippen molar-refractivity contribution in [2.45, 2.75) is 111 Å². The highest BCUT2D eigenvalue weighted by atomic mass is 16.5. The predicted octanol–water partition coefficient (Wildman–Crippen LogP) is 5.32. The van der Waals surface area contributed by atoms with Crippen molar-refractivity contribution in [3.63, 3.8) is 0 Å². The van der Waals surface area contributed by atoms with E-state index in [1.165, 1.54) is 38.5 Å². The van der Waals surface area contributed by atoms with Crippen LogP contribution in [0, 0.1) is 52.3 Å². The summed E-state index contributed by atoms with van der Waals surface area (Å²) >= 11 is 0. The van der Waals surface area contributed by atoms with E-state index in [1.807, 2.05) is 0 Å². The summed E-state index contributed by atoms with van der Waals surface area (Å²) in [6.07, 6.45) is 9.98. The van der Waals surface area contributed by atoms with Gasteiger partial charge in [0.15, 0.2) is 5.78 Å². The number of nitrogens with zero attached hydrogens (tertiary/aromatic N) is 1. The highest BCUT2D eigenvalue weighted by molar-refractivity contribution is 5.92. The summed E-state index contributed by atoms with van der Waals surface area (Å²) in [4.78, 5) is 16.9. The van der Waals surface area contributed by atoms with Crippen LogP contribution in [-0.4, -0.2) is 65.4 Å². The monoisotopic (exact) mass is 517 g/mol. The minimum Gasteiger partial charge on any atom is -0.393 e. The molecular formula is C32H55NO4. The van der Waals surface area contributed by atoms with Gasteiger partial charge < -0.3 is 14.9 Å². The Balaban J connectivity index is 1.45. The Morgan fingerprint density at radius 2 is 1.73 bits per heavy atom. The smallest absolute Gasteiger partial charge is 0.169 e. The van der Waals surface area contributed by atoms with Crippen LogP contribution in [0.3, 0.4) is 0 Å². The first-order chi connectivity index (χ1) is 17.5. The van der Waals surface area contributed by atoms with Gasteiger partial charge in [-0.3, -0.25) is 9.69 Å². The van der Waals surface area contributed by atoms with Gasteiger partial charge in [0.25, 0.3) is 0 Å². The van der Waals surface area contributed by atoms with Crippen LogP contribution in [0.4, 0.5) is 0 Å². The first-order valence-electron chi connectivity index (χ1n) is 15.8. The number of Topliss-reactive ketones (excluding diaryl/α,β-unsaturated/α-hetero) is 1. The molecule has 5 aliphatic rings. The molecule has 0 spiro atoms.